The molecule has 0 atom stereocenters. The Hall–Kier alpha value is -1.91. The largest absolute Gasteiger partial charge is 0.511 e. The third-order valence-corrected chi connectivity index (χ3v) is 5.98. The van der Waals surface area contributed by atoms with Crippen molar-refractivity contribution >= 4 is 6.16 Å². The highest BCUT2D eigenvalue weighted by atomic mass is 16.7. The molecule has 0 aromatic heterocycles. The summed E-state index contributed by atoms with van der Waals surface area (Å²) in [7, 11) is 0. The van der Waals surface area contributed by atoms with E-state index in [0.29, 0.717) is 12.4 Å². The first-order valence-corrected chi connectivity index (χ1v) is 12.9. The van der Waals surface area contributed by atoms with Crippen LogP contribution in [0.2, 0.25) is 0 Å². The fraction of sp³-hybridized carbons (Fsp3) is 0.741. The summed E-state index contributed by atoms with van der Waals surface area (Å²) in [5.41, 5.74) is 3.07. The SMILES string of the molecule is CCCCCOc1c(CCCCC)c(CCCCC)c(CCCCC)c(O)c1OC(=O)O. The van der Waals surface area contributed by atoms with Crippen LogP contribution in [-0.4, -0.2) is 23.0 Å². The van der Waals surface area contributed by atoms with Gasteiger partial charge in [0.25, 0.3) is 0 Å². The zero-order valence-electron chi connectivity index (χ0n) is 20.9. The number of benzene rings is 1. The molecule has 0 saturated carbocycles. The zero-order valence-corrected chi connectivity index (χ0v) is 20.9. The number of hydrogen-bond acceptors (Lipinski definition) is 4. The van der Waals surface area contributed by atoms with Gasteiger partial charge < -0.3 is 19.7 Å². The minimum atomic E-state index is -1.42. The predicted octanol–water partition coefficient (Wildman–Crippen LogP) is 8.22. The highest BCUT2D eigenvalue weighted by molar-refractivity contribution is 5.70. The standard InChI is InChI=1S/C27H46O5/c1-5-9-13-17-21-22(18-14-10-6-2)24(28)26(32-27(29)30)25(31-20-16-12-8-4)23(21)19-15-11-7-3/h28H,5-20H2,1-4H3,(H,29,30). The fourth-order valence-corrected chi connectivity index (χ4v) is 4.20. The smallest absolute Gasteiger partial charge is 0.504 e. The number of rotatable bonds is 18. The Balaban J connectivity index is 3.55. The topological polar surface area (TPSA) is 76.0 Å². The molecule has 0 unspecified atom stereocenters. The van der Waals surface area contributed by atoms with E-state index >= 15 is 0 Å². The molecule has 0 radical (unpaired) electrons. The van der Waals surface area contributed by atoms with E-state index in [1.165, 1.54) is 0 Å². The van der Waals surface area contributed by atoms with Gasteiger partial charge in [0.2, 0.25) is 5.75 Å². The molecule has 0 aliphatic carbocycles. The maximum atomic E-state index is 11.5. The second-order valence-corrected chi connectivity index (χ2v) is 8.74. The summed E-state index contributed by atoms with van der Waals surface area (Å²) in [6.07, 6.45) is 13.7. The zero-order chi connectivity index (χ0) is 23.8. The number of carbonyl (C=O) groups is 1. The molecule has 5 nitrogen and oxygen atoms in total. The molecule has 0 bridgehead atoms. The van der Waals surface area contributed by atoms with Gasteiger partial charge in [-0.25, -0.2) is 4.79 Å². The van der Waals surface area contributed by atoms with Crippen LogP contribution in [0.1, 0.15) is 121 Å². The Morgan fingerprint density at radius 2 is 1.12 bits per heavy atom. The van der Waals surface area contributed by atoms with Crippen molar-refractivity contribution in [2.75, 3.05) is 6.61 Å². The van der Waals surface area contributed by atoms with Crippen LogP contribution in [0.3, 0.4) is 0 Å². The van der Waals surface area contributed by atoms with Crippen LogP contribution in [0.5, 0.6) is 17.2 Å². The van der Waals surface area contributed by atoms with Gasteiger partial charge in [0, 0.05) is 11.1 Å². The number of phenols is 1. The van der Waals surface area contributed by atoms with Crippen molar-refractivity contribution in [2.24, 2.45) is 0 Å². The van der Waals surface area contributed by atoms with Crippen molar-refractivity contribution < 1.29 is 24.5 Å². The summed E-state index contributed by atoms with van der Waals surface area (Å²) in [4.78, 5) is 11.5. The Kier molecular flexibility index (Phi) is 14.7. The van der Waals surface area contributed by atoms with Crippen molar-refractivity contribution in [3.63, 3.8) is 0 Å². The van der Waals surface area contributed by atoms with Gasteiger partial charge in [0.05, 0.1) is 6.61 Å². The molecule has 0 heterocycles. The Bertz CT molecular complexity index is 669. The first-order valence-electron chi connectivity index (χ1n) is 12.9. The number of aromatic hydroxyl groups is 1. The van der Waals surface area contributed by atoms with Crippen molar-refractivity contribution in [1.29, 1.82) is 0 Å². The summed E-state index contributed by atoms with van der Waals surface area (Å²) in [6, 6.07) is 0. The van der Waals surface area contributed by atoms with E-state index in [1.54, 1.807) is 0 Å². The van der Waals surface area contributed by atoms with Crippen LogP contribution >= 0.6 is 0 Å². The maximum Gasteiger partial charge on any atom is 0.511 e. The molecule has 0 fully saturated rings. The molecule has 5 heteroatoms. The molecule has 2 N–H and O–H groups in total. The summed E-state index contributed by atoms with van der Waals surface area (Å²) in [5, 5.41) is 20.6. The lowest BCUT2D eigenvalue weighted by atomic mass is 9.88. The van der Waals surface area contributed by atoms with Crippen molar-refractivity contribution in [3.8, 4) is 17.2 Å². The Morgan fingerprint density at radius 3 is 1.62 bits per heavy atom. The minimum Gasteiger partial charge on any atom is -0.504 e. The van der Waals surface area contributed by atoms with Crippen LogP contribution in [0, 0.1) is 0 Å². The fourth-order valence-electron chi connectivity index (χ4n) is 4.20. The van der Waals surface area contributed by atoms with Crippen LogP contribution in [-0.2, 0) is 19.3 Å². The van der Waals surface area contributed by atoms with Gasteiger partial charge in [-0.1, -0.05) is 79.1 Å². The quantitative estimate of drug-likeness (QED) is 0.134. The molecule has 1 aromatic carbocycles. The van der Waals surface area contributed by atoms with Gasteiger partial charge in [0.15, 0.2) is 11.5 Å². The summed E-state index contributed by atoms with van der Waals surface area (Å²) >= 11 is 0. The number of phenolic OH excluding ortho intramolecular Hbond substituents is 1. The van der Waals surface area contributed by atoms with Crippen molar-refractivity contribution in [2.45, 2.75) is 124 Å². The van der Waals surface area contributed by atoms with Gasteiger partial charge in [-0.15, -0.1) is 0 Å². The molecular formula is C27H46O5. The Morgan fingerprint density at radius 1 is 0.656 bits per heavy atom. The second kappa shape index (κ2) is 16.7. The van der Waals surface area contributed by atoms with E-state index in [2.05, 4.69) is 27.7 Å². The molecule has 0 aliphatic rings. The van der Waals surface area contributed by atoms with E-state index in [9.17, 15) is 15.0 Å². The van der Waals surface area contributed by atoms with Crippen LogP contribution < -0.4 is 9.47 Å². The van der Waals surface area contributed by atoms with E-state index in [4.69, 9.17) is 9.47 Å². The summed E-state index contributed by atoms with van der Waals surface area (Å²) < 4.78 is 11.3. The van der Waals surface area contributed by atoms with Crippen molar-refractivity contribution in [3.05, 3.63) is 16.7 Å². The van der Waals surface area contributed by atoms with Gasteiger partial charge in [0.1, 0.15) is 0 Å². The molecule has 0 saturated heterocycles. The number of unbranched alkanes of at least 4 members (excludes halogenated alkanes) is 8. The van der Waals surface area contributed by atoms with E-state index < -0.39 is 6.16 Å². The third-order valence-electron chi connectivity index (χ3n) is 5.98. The number of carboxylic acid groups (broad SMARTS) is 1. The third kappa shape index (κ3) is 9.30. The highest BCUT2D eigenvalue weighted by Gasteiger charge is 2.27. The lowest BCUT2D eigenvalue weighted by Crippen LogP contribution is -2.12. The molecule has 0 amide bonds. The molecular weight excluding hydrogens is 404 g/mol. The molecule has 1 aromatic rings. The molecule has 32 heavy (non-hydrogen) atoms. The number of hydrogen-bond donors (Lipinski definition) is 2. The average Bonchev–Trinajstić information content (AvgIpc) is 2.77. The summed E-state index contributed by atoms with van der Waals surface area (Å²) in [5.74, 6) is 0.397. The minimum absolute atomic E-state index is 0.00811. The van der Waals surface area contributed by atoms with E-state index in [0.717, 1.165) is 113 Å². The normalized spacial score (nSPS) is 11.0. The molecule has 1 rings (SSSR count). The highest BCUT2D eigenvalue weighted by Crippen LogP contribution is 2.47. The molecule has 184 valence electrons. The van der Waals surface area contributed by atoms with E-state index in [-0.39, 0.29) is 11.5 Å². The maximum absolute atomic E-state index is 11.5. The van der Waals surface area contributed by atoms with Crippen LogP contribution in [0.15, 0.2) is 0 Å². The Labute approximate surface area is 195 Å². The molecule has 0 spiro atoms. The average molecular weight is 451 g/mol. The van der Waals surface area contributed by atoms with E-state index in [1.807, 2.05) is 0 Å². The summed E-state index contributed by atoms with van der Waals surface area (Å²) in [6.45, 7) is 9.15. The second-order valence-electron chi connectivity index (χ2n) is 8.74. The van der Waals surface area contributed by atoms with Crippen molar-refractivity contribution in [1.82, 2.24) is 0 Å². The van der Waals surface area contributed by atoms with Gasteiger partial charge in [-0.2, -0.15) is 0 Å². The molecule has 0 aliphatic heterocycles. The van der Waals surface area contributed by atoms with Crippen LogP contribution in [0.4, 0.5) is 4.79 Å². The lowest BCUT2D eigenvalue weighted by Gasteiger charge is -2.24. The predicted molar refractivity (Wildman–Crippen MR) is 131 cm³/mol. The van der Waals surface area contributed by atoms with Gasteiger partial charge >= 0.3 is 6.16 Å². The van der Waals surface area contributed by atoms with Crippen LogP contribution in [0.25, 0.3) is 0 Å². The first-order chi connectivity index (χ1) is 15.5. The van der Waals surface area contributed by atoms with Gasteiger partial charge in [-0.05, 0) is 50.5 Å². The number of ether oxygens (including phenoxy) is 2. The monoisotopic (exact) mass is 450 g/mol. The first kappa shape index (κ1) is 28.1. The lowest BCUT2D eigenvalue weighted by molar-refractivity contribution is 0.140. The van der Waals surface area contributed by atoms with Gasteiger partial charge in [-0.3, -0.25) is 0 Å².